The molecule has 2 N–H and O–H groups in total. The molecule has 4 rings (SSSR count). The lowest BCUT2D eigenvalue weighted by atomic mass is 10.1. The largest absolute Gasteiger partial charge is 0.494 e. The fourth-order valence-electron chi connectivity index (χ4n) is 4.27. The van der Waals surface area contributed by atoms with Gasteiger partial charge in [0.2, 0.25) is 0 Å². The van der Waals surface area contributed by atoms with Crippen LogP contribution >= 0.6 is 22.6 Å². The Morgan fingerprint density at radius 1 is 0.952 bits per heavy atom. The number of aryl methyl sites for hydroxylation is 2. The van der Waals surface area contributed by atoms with E-state index in [1.807, 2.05) is 61.6 Å². The molecule has 0 atom stereocenters. The molecule has 218 valence electrons. The van der Waals surface area contributed by atoms with E-state index >= 15 is 0 Å². The van der Waals surface area contributed by atoms with Gasteiger partial charge in [0.05, 0.1) is 22.5 Å². The summed E-state index contributed by atoms with van der Waals surface area (Å²) >= 11 is 2.03. The fraction of sp³-hybridized carbons (Fsp3) is 0.226. The van der Waals surface area contributed by atoms with Crippen LogP contribution in [0.2, 0.25) is 0 Å². The van der Waals surface area contributed by atoms with E-state index in [4.69, 9.17) is 14.2 Å². The second-order valence-electron chi connectivity index (χ2n) is 9.30. The first-order valence-corrected chi connectivity index (χ1v) is 14.3. The third-order valence-corrected chi connectivity index (χ3v) is 6.96. The minimum Gasteiger partial charge on any atom is -0.494 e. The molecule has 0 spiro atoms. The van der Waals surface area contributed by atoms with Crippen molar-refractivity contribution < 1.29 is 33.4 Å². The van der Waals surface area contributed by atoms with Crippen molar-refractivity contribution in [1.82, 2.24) is 5.32 Å². The van der Waals surface area contributed by atoms with Crippen molar-refractivity contribution in [2.24, 2.45) is 0 Å². The summed E-state index contributed by atoms with van der Waals surface area (Å²) in [5.74, 6) is -0.663. The number of carbonyl (C=O) groups is 4. The van der Waals surface area contributed by atoms with E-state index in [1.54, 1.807) is 43.3 Å². The van der Waals surface area contributed by atoms with Gasteiger partial charge in [0.1, 0.15) is 11.3 Å². The molecule has 0 bridgehead atoms. The van der Waals surface area contributed by atoms with Crippen LogP contribution in [0.25, 0.3) is 6.08 Å². The molecule has 1 saturated heterocycles. The highest BCUT2D eigenvalue weighted by Crippen LogP contribution is 2.35. The second kappa shape index (κ2) is 13.5. The quantitative estimate of drug-likeness (QED) is 0.167. The smallest absolute Gasteiger partial charge is 0.335 e. The summed E-state index contributed by atoms with van der Waals surface area (Å²) in [6.07, 6.45) is 1.38. The minimum absolute atomic E-state index is 0.233. The number of halogens is 1. The number of ether oxygens (including phenoxy) is 3. The zero-order valence-electron chi connectivity index (χ0n) is 23.6. The second-order valence-corrected chi connectivity index (χ2v) is 10.5. The van der Waals surface area contributed by atoms with E-state index in [-0.39, 0.29) is 23.8 Å². The molecule has 10 nitrogen and oxygen atoms in total. The standard InChI is InChI=1S/C31H30IN3O7/c1-5-40-22-10-8-21(9-11-22)35-30(38)23(29(37)34-31(35)39)14-20-15-24(32)28(26(16-20)41-6-2)42-17-27(36)33-25-12-7-18(3)13-19(25)4/h7-16H,5-6,17H2,1-4H3,(H,33,36)(H,34,37,39)/b23-14+. The van der Waals surface area contributed by atoms with Crippen LogP contribution in [0.15, 0.2) is 60.2 Å². The van der Waals surface area contributed by atoms with Crippen LogP contribution in [-0.2, 0) is 14.4 Å². The van der Waals surface area contributed by atoms with E-state index < -0.39 is 17.8 Å². The lowest BCUT2D eigenvalue weighted by molar-refractivity contribution is -0.122. The Morgan fingerprint density at radius 2 is 1.67 bits per heavy atom. The third-order valence-electron chi connectivity index (χ3n) is 6.15. The van der Waals surface area contributed by atoms with Crippen LogP contribution < -0.4 is 29.7 Å². The lowest BCUT2D eigenvalue weighted by Crippen LogP contribution is -2.54. The molecule has 3 aromatic carbocycles. The predicted molar refractivity (Wildman–Crippen MR) is 167 cm³/mol. The molecule has 0 aromatic heterocycles. The Labute approximate surface area is 257 Å². The Bertz CT molecular complexity index is 1570. The van der Waals surface area contributed by atoms with Gasteiger partial charge in [0.25, 0.3) is 17.7 Å². The average molecular weight is 683 g/mol. The molecule has 1 heterocycles. The van der Waals surface area contributed by atoms with Gasteiger partial charge in [0.15, 0.2) is 18.1 Å². The number of imide groups is 2. The number of barbiturate groups is 1. The first kappa shape index (κ1) is 30.6. The van der Waals surface area contributed by atoms with Gasteiger partial charge in [-0.3, -0.25) is 19.7 Å². The SMILES string of the molecule is CCOc1ccc(N2C(=O)NC(=O)/C(=C\c3cc(I)c(OCC(=O)Nc4ccc(C)cc4C)c(OCC)c3)C2=O)cc1. The summed E-state index contributed by atoms with van der Waals surface area (Å²) in [5, 5.41) is 5.07. The Morgan fingerprint density at radius 3 is 2.33 bits per heavy atom. The number of hydrogen-bond donors (Lipinski definition) is 2. The van der Waals surface area contributed by atoms with Gasteiger partial charge in [-0.2, -0.15) is 0 Å². The van der Waals surface area contributed by atoms with Crippen molar-refractivity contribution >= 4 is 63.8 Å². The van der Waals surface area contributed by atoms with Crippen LogP contribution in [0.5, 0.6) is 17.2 Å². The molecule has 1 aliphatic rings. The number of nitrogens with zero attached hydrogens (tertiary/aromatic N) is 1. The molecule has 1 fully saturated rings. The zero-order valence-corrected chi connectivity index (χ0v) is 25.7. The number of amides is 5. The van der Waals surface area contributed by atoms with Crippen molar-refractivity contribution in [3.05, 3.63) is 80.4 Å². The summed E-state index contributed by atoms with van der Waals surface area (Å²) in [4.78, 5) is 52.1. The van der Waals surface area contributed by atoms with Crippen LogP contribution in [0.3, 0.4) is 0 Å². The van der Waals surface area contributed by atoms with Gasteiger partial charge < -0.3 is 19.5 Å². The topological polar surface area (TPSA) is 123 Å². The van der Waals surface area contributed by atoms with Crippen LogP contribution in [-0.4, -0.2) is 43.6 Å². The average Bonchev–Trinajstić information content (AvgIpc) is 2.93. The van der Waals surface area contributed by atoms with Gasteiger partial charge in [0, 0.05) is 5.69 Å². The monoisotopic (exact) mass is 683 g/mol. The van der Waals surface area contributed by atoms with Gasteiger partial charge >= 0.3 is 6.03 Å². The maximum absolute atomic E-state index is 13.3. The summed E-state index contributed by atoms with van der Waals surface area (Å²) in [6, 6.07) is 14.6. The fourth-order valence-corrected chi connectivity index (χ4v) is 5.05. The molecule has 3 aromatic rings. The summed E-state index contributed by atoms with van der Waals surface area (Å²) < 4.78 is 17.6. The van der Waals surface area contributed by atoms with Crippen molar-refractivity contribution in [1.29, 1.82) is 0 Å². The van der Waals surface area contributed by atoms with Crippen molar-refractivity contribution in [3.8, 4) is 17.2 Å². The highest BCUT2D eigenvalue weighted by molar-refractivity contribution is 14.1. The summed E-state index contributed by atoms with van der Waals surface area (Å²) in [5.41, 5.74) is 3.25. The lowest BCUT2D eigenvalue weighted by Gasteiger charge is -2.26. The first-order chi connectivity index (χ1) is 20.1. The van der Waals surface area contributed by atoms with Crippen molar-refractivity contribution in [3.63, 3.8) is 0 Å². The molecule has 1 aliphatic heterocycles. The van der Waals surface area contributed by atoms with E-state index in [2.05, 4.69) is 10.6 Å². The molecular weight excluding hydrogens is 653 g/mol. The van der Waals surface area contributed by atoms with E-state index in [1.165, 1.54) is 6.08 Å². The highest BCUT2D eigenvalue weighted by atomic mass is 127. The normalized spacial score (nSPS) is 14.1. The molecule has 0 radical (unpaired) electrons. The van der Waals surface area contributed by atoms with E-state index in [0.717, 1.165) is 16.0 Å². The van der Waals surface area contributed by atoms with Crippen LogP contribution in [0.4, 0.5) is 16.2 Å². The maximum Gasteiger partial charge on any atom is 0.335 e. The molecule has 0 saturated carbocycles. The molecule has 0 aliphatic carbocycles. The molecule has 42 heavy (non-hydrogen) atoms. The Balaban J connectivity index is 1.56. The number of carbonyl (C=O) groups excluding carboxylic acids is 4. The molecule has 5 amide bonds. The molecule has 11 heteroatoms. The van der Waals surface area contributed by atoms with Gasteiger partial charge in [-0.1, -0.05) is 17.7 Å². The van der Waals surface area contributed by atoms with Crippen LogP contribution in [0, 0.1) is 17.4 Å². The number of anilines is 2. The first-order valence-electron chi connectivity index (χ1n) is 13.2. The van der Waals surface area contributed by atoms with Crippen molar-refractivity contribution in [2.75, 3.05) is 30.0 Å². The Hall–Kier alpha value is -4.39. The maximum atomic E-state index is 13.3. The third kappa shape index (κ3) is 7.08. The minimum atomic E-state index is -0.848. The summed E-state index contributed by atoms with van der Waals surface area (Å²) in [7, 11) is 0. The van der Waals surface area contributed by atoms with Crippen LogP contribution in [0.1, 0.15) is 30.5 Å². The number of benzene rings is 3. The Kier molecular flexibility index (Phi) is 9.84. The van der Waals surface area contributed by atoms with Gasteiger partial charge in [-0.05, 0) is 110 Å². The highest BCUT2D eigenvalue weighted by Gasteiger charge is 2.37. The van der Waals surface area contributed by atoms with Gasteiger partial charge in [-0.15, -0.1) is 0 Å². The molecular formula is C31H30IN3O7. The van der Waals surface area contributed by atoms with Gasteiger partial charge in [-0.25, -0.2) is 9.69 Å². The number of urea groups is 1. The predicted octanol–water partition coefficient (Wildman–Crippen LogP) is 5.39. The van der Waals surface area contributed by atoms with E-state index in [9.17, 15) is 19.2 Å². The number of nitrogens with one attached hydrogen (secondary N) is 2. The van der Waals surface area contributed by atoms with E-state index in [0.29, 0.717) is 45.3 Å². The molecule has 0 unspecified atom stereocenters. The summed E-state index contributed by atoms with van der Waals surface area (Å²) in [6.45, 7) is 8.05. The zero-order chi connectivity index (χ0) is 30.4. The number of rotatable bonds is 10. The number of hydrogen-bond acceptors (Lipinski definition) is 7. The van der Waals surface area contributed by atoms with Crippen molar-refractivity contribution in [2.45, 2.75) is 27.7 Å².